The number of likely N-dealkylation sites (N-methyl/N-ethyl adjacent to an activating group) is 1. The zero-order valence-electron chi connectivity index (χ0n) is 11.0. The molecule has 2 rings (SSSR count). The highest BCUT2D eigenvalue weighted by Crippen LogP contribution is 2.09. The molecule has 0 aliphatic carbocycles. The third-order valence-corrected chi connectivity index (χ3v) is 3.28. The first-order chi connectivity index (χ1) is 9.19. The molecule has 1 aromatic heterocycles. The number of hydrogen-bond donors (Lipinski definition) is 2. The third kappa shape index (κ3) is 3.90. The smallest absolute Gasteiger partial charge is 0.293 e. The van der Waals surface area contributed by atoms with Crippen LogP contribution in [-0.2, 0) is 4.79 Å². The highest BCUT2D eigenvalue weighted by molar-refractivity contribution is 6.03. The van der Waals surface area contributed by atoms with Crippen molar-refractivity contribution in [2.24, 2.45) is 0 Å². The van der Waals surface area contributed by atoms with Gasteiger partial charge >= 0.3 is 0 Å². The van der Waals surface area contributed by atoms with Crippen molar-refractivity contribution < 1.29 is 14.0 Å². The minimum absolute atomic E-state index is 0.153. The number of hydrogen-bond acceptors (Lipinski definition) is 5. The Morgan fingerprint density at radius 1 is 1.53 bits per heavy atom. The fourth-order valence-electron chi connectivity index (χ4n) is 2.27. The van der Waals surface area contributed by atoms with Gasteiger partial charge in [0.15, 0.2) is 5.76 Å². The number of rotatable bonds is 4. The number of carbonyl (C=O) groups excluding carboxylic acids is 2. The first-order valence-corrected chi connectivity index (χ1v) is 6.46. The van der Waals surface area contributed by atoms with Crippen molar-refractivity contribution in [2.45, 2.75) is 18.9 Å². The Kier molecular flexibility index (Phi) is 4.70. The van der Waals surface area contributed by atoms with Crippen molar-refractivity contribution in [1.82, 2.24) is 15.5 Å². The molecule has 0 radical (unpaired) electrons. The van der Waals surface area contributed by atoms with E-state index in [9.17, 15) is 9.59 Å². The molecule has 1 unspecified atom stereocenters. The van der Waals surface area contributed by atoms with Crippen LogP contribution in [0, 0.1) is 0 Å². The number of amides is 2. The standard InChI is InChI=1S/C13H19N3O3/c1-14-10-4-2-6-16(8-10)9-12(17)15-13(18)11-5-3-7-19-11/h3,5,7,10,14H,2,4,6,8-9H2,1H3,(H,15,17,18). The summed E-state index contributed by atoms with van der Waals surface area (Å²) < 4.78 is 4.93. The van der Waals surface area contributed by atoms with Crippen molar-refractivity contribution in [3.8, 4) is 0 Å². The Hall–Kier alpha value is -1.66. The molecule has 6 heteroatoms. The van der Waals surface area contributed by atoms with E-state index in [1.54, 1.807) is 6.07 Å². The average molecular weight is 265 g/mol. The van der Waals surface area contributed by atoms with Crippen LogP contribution < -0.4 is 10.6 Å². The highest BCUT2D eigenvalue weighted by Gasteiger charge is 2.21. The van der Waals surface area contributed by atoms with Crippen LogP contribution in [0.25, 0.3) is 0 Å². The molecule has 2 amide bonds. The predicted octanol–water partition coefficient (Wildman–Crippen LogP) is 0.220. The van der Waals surface area contributed by atoms with Gasteiger partial charge in [-0.15, -0.1) is 0 Å². The second-order valence-corrected chi connectivity index (χ2v) is 4.72. The first kappa shape index (κ1) is 13.8. The monoisotopic (exact) mass is 265 g/mol. The van der Waals surface area contributed by atoms with E-state index in [1.165, 1.54) is 12.3 Å². The number of imide groups is 1. The van der Waals surface area contributed by atoms with E-state index in [2.05, 4.69) is 15.5 Å². The topological polar surface area (TPSA) is 74.6 Å². The summed E-state index contributed by atoms with van der Waals surface area (Å²) >= 11 is 0. The second-order valence-electron chi connectivity index (χ2n) is 4.72. The Balaban J connectivity index is 1.79. The second kappa shape index (κ2) is 6.49. The average Bonchev–Trinajstić information content (AvgIpc) is 2.92. The molecule has 0 saturated carbocycles. The van der Waals surface area contributed by atoms with Crippen LogP contribution in [0.15, 0.2) is 22.8 Å². The molecule has 2 heterocycles. The van der Waals surface area contributed by atoms with Gasteiger partial charge in [0.2, 0.25) is 5.91 Å². The van der Waals surface area contributed by atoms with Crippen LogP contribution in [0.5, 0.6) is 0 Å². The van der Waals surface area contributed by atoms with E-state index in [4.69, 9.17) is 4.42 Å². The molecule has 1 aromatic rings. The maximum atomic E-state index is 11.8. The molecule has 2 N–H and O–H groups in total. The predicted molar refractivity (Wildman–Crippen MR) is 69.7 cm³/mol. The summed E-state index contributed by atoms with van der Waals surface area (Å²) in [5.41, 5.74) is 0. The van der Waals surface area contributed by atoms with Gasteiger partial charge in [-0.1, -0.05) is 0 Å². The molecule has 1 saturated heterocycles. The Morgan fingerprint density at radius 2 is 2.37 bits per heavy atom. The fourth-order valence-corrected chi connectivity index (χ4v) is 2.27. The molecule has 1 atom stereocenters. The van der Waals surface area contributed by atoms with E-state index >= 15 is 0 Å². The summed E-state index contributed by atoms with van der Waals surface area (Å²) in [5, 5.41) is 5.54. The van der Waals surface area contributed by atoms with E-state index in [0.29, 0.717) is 6.04 Å². The number of furan rings is 1. The van der Waals surface area contributed by atoms with Gasteiger partial charge < -0.3 is 9.73 Å². The van der Waals surface area contributed by atoms with Crippen molar-refractivity contribution in [1.29, 1.82) is 0 Å². The van der Waals surface area contributed by atoms with Gasteiger partial charge in [-0.05, 0) is 38.6 Å². The molecular weight excluding hydrogens is 246 g/mol. The number of piperidine rings is 1. The number of carbonyl (C=O) groups is 2. The Bertz CT molecular complexity index is 430. The quantitative estimate of drug-likeness (QED) is 0.814. The van der Waals surface area contributed by atoms with Gasteiger partial charge in [0.05, 0.1) is 12.8 Å². The third-order valence-electron chi connectivity index (χ3n) is 3.28. The summed E-state index contributed by atoms with van der Waals surface area (Å²) in [6.45, 7) is 1.96. The van der Waals surface area contributed by atoms with Gasteiger partial charge in [-0.3, -0.25) is 19.8 Å². The van der Waals surface area contributed by atoms with Gasteiger partial charge in [0.1, 0.15) is 0 Å². The van der Waals surface area contributed by atoms with Gasteiger partial charge in [0, 0.05) is 12.6 Å². The molecule has 0 aromatic carbocycles. The van der Waals surface area contributed by atoms with E-state index in [1.807, 2.05) is 7.05 Å². The summed E-state index contributed by atoms with van der Waals surface area (Å²) in [6, 6.07) is 3.56. The minimum atomic E-state index is -0.489. The SMILES string of the molecule is CNC1CCCN(CC(=O)NC(=O)c2ccco2)C1. The largest absolute Gasteiger partial charge is 0.459 e. The van der Waals surface area contributed by atoms with Crippen molar-refractivity contribution in [3.05, 3.63) is 24.2 Å². The maximum Gasteiger partial charge on any atom is 0.293 e. The molecular formula is C13H19N3O3. The summed E-state index contributed by atoms with van der Waals surface area (Å²) in [5.74, 6) is -0.629. The van der Waals surface area contributed by atoms with Crippen LogP contribution in [0.1, 0.15) is 23.4 Å². The van der Waals surface area contributed by atoms with Crippen molar-refractivity contribution in [3.63, 3.8) is 0 Å². The van der Waals surface area contributed by atoms with Crippen LogP contribution in [-0.4, -0.2) is 49.4 Å². The van der Waals surface area contributed by atoms with Gasteiger partial charge in [0.25, 0.3) is 5.91 Å². The first-order valence-electron chi connectivity index (χ1n) is 6.46. The van der Waals surface area contributed by atoms with E-state index < -0.39 is 5.91 Å². The zero-order chi connectivity index (χ0) is 13.7. The molecule has 19 heavy (non-hydrogen) atoms. The molecule has 0 spiro atoms. The fraction of sp³-hybridized carbons (Fsp3) is 0.538. The lowest BCUT2D eigenvalue weighted by Gasteiger charge is -2.31. The number of nitrogens with one attached hydrogen (secondary N) is 2. The lowest BCUT2D eigenvalue weighted by Crippen LogP contribution is -2.48. The molecule has 1 aliphatic rings. The van der Waals surface area contributed by atoms with E-state index in [-0.39, 0.29) is 18.2 Å². The Morgan fingerprint density at radius 3 is 3.05 bits per heavy atom. The normalized spacial score (nSPS) is 20.2. The van der Waals surface area contributed by atoms with Crippen LogP contribution in [0.2, 0.25) is 0 Å². The maximum absolute atomic E-state index is 11.8. The summed E-state index contributed by atoms with van der Waals surface area (Å²) in [7, 11) is 1.93. The van der Waals surface area contributed by atoms with Gasteiger partial charge in [-0.25, -0.2) is 0 Å². The number of nitrogens with zero attached hydrogens (tertiary/aromatic N) is 1. The van der Waals surface area contributed by atoms with Gasteiger partial charge in [-0.2, -0.15) is 0 Å². The summed E-state index contributed by atoms with van der Waals surface area (Å²) in [4.78, 5) is 25.4. The van der Waals surface area contributed by atoms with Crippen molar-refractivity contribution >= 4 is 11.8 Å². The van der Waals surface area contributed by atoms with Crippen molar-refractivity contribution in [2.75, 3.05) is 26.7 Å². The summed E-state index contributed by atoms with van der Waals surface area (Å²) in [6.07, 6.45) is 3.59. The molecule has 1 aliphatic heterocycles. The lowest BCUT2D eigenvalue weighted by molar-refractivity contribution is -0.121. The van der Waals surface area contributed by atoms with Crippen LogP contribution in [0.3, 0.4) is 0 Å². The minimum Gasteiger partial charge on any atom is -0.459 e. The molecule has 1 fully saturated rings. The zero-order valence-corrected chi connectivity index (χ0v) is 11.0. The van der Waals surface area contributed by atoms with Crippen LogP contribution >= 0.6 is 0 Å². The molecule has 6 nitrogen and oxygen atoms in total. The Labute approximate surface area is 112 Å². The molecule has 0 bridgehead atoms. The van der Waals surface area contributed by atoms with Crippen LogP contribution in [0.4, 0.5) is 0 Å². The number of likely N-dealkylation sites (tertiary alicyclic amines) is 1. The lowest BCUT2D eigenvalue weighted by atomic mass is 10.1. The van der Waals surface area contributed by atoms with E-state index in [0.717, 1.165) is 25.9 Å². The molecule has 104 valence electrons. The highest BCUT2D eigenvalue weighted by atomic mass is 16.3.